The Hall–Kier alpha value is -2.07. The number of rotatable bonds is 2. The van der Waals surface area contributed by atoms with Gasteiger partial charge in [0.05, 0.1) is 16.7 Å². The topological polar surface area (TPSA) is 46.0 Å². The number of aromatic hydroxyl groups is 1. The van der Waals surface area contributed by atoms with E-state index in [0.717, 1.165) is 26.6 Å². The SMILES string of the molecule is Cc1nc2ccccc2nc1Sc1ccc(O)cc1. The standard InChI is InChI=1S/C15H12N2OS/c1-10-15(19-12-8-6-11(18)7-9-12)17-14-5-3-2-4-13(14)16-10/h2-9,18H,1H3. The van der Waals surface area contributed by atoms with Gasteiger partial charge in [-0.2, -0.15) is 0 Å². The fraction of sp³-hybridized carbons (Fsp3) is 0.0667. The van der Waals surface area contributed by atoms with E-state index in [2.05, 4.69) is 9.97 Å². The predicted molar refractivity (Wildman–Crippen MR) is 76.5 cm³/mol. The molecule has 0 atom stereocenters. The van der Waals surface area contributed by atoms with E-state index in [1.165, 1.54) is 0 Å². The van der Waals surface area contributed by atoms with Crippen LogP contribution in [0.1, 0.15) is 5.69 Å². The molecule has 19 heavy (non-hydrogen) atoms. The fourth-order valence-corrected chi connectivity index (χ4v) is 2.63. The van der Waals surface area contributed by atoms with E-state index in [1.807, 2.05) is 43.3 Å². The van der Waals surface area contributed by atoms with Gasteiger partial charge in [0, 0.05) is 4.90 Å². The number of phenolic OH excluding ortho intramolecular Hbond substituents is 1. The van der Waals surface area contributed by atoms with Crippen molar-refractivity contribution in [1.82, 2.24) is 9.97 Å². The first-order chi connectivity index (χ1) is 9.22. The van der Waals surface area contributed by atoms with Crippen molar-refractivity contribution >= 4 is 22.8 Å². The van der Waals surface area contributed by atoms with Crippen LogP contribution in [0.5, 0.6) is 5.75 Å². The Balaban J connectivity index is 2.00. The molecule has 0 aliphatic carbocycles. The van der Waals surface area contributed by atoms with Crippen molar-refractivity contribution in [2.45, 2.75) is 16.8 Å². The van der Waals surface area contributed by atoms with E-state index in [0.29, 0.717) is 0 Å². The highest BCUT2D eigenvalue weighted by Gasteiger charge is 2.06. The van der Waals surface area contributed by atoms with Gasteiger partial charge in [-0.3, -0.25) is 0 Å². The third-order valence-electron chi connectivity index (χ3n) is 2.75. The minimum Gasteiger partial charge on any atom is -0.508 e. The van der Waals surface area contributed by atoms with Gasteiger partial charge in [-0.15, -0.1) is 0 Å². The van der Waals surface area contributed by atoms with Crippen LogP contribution in [0.2, 0.25) is 0 Å². The number of aryl methyl sites for hydroxylation is 1. The highest BCUT2D eigenvalue weighted by atomic mass is 32.2. The van der Waals surface area contributed by atoms with Crippen LogP contribution in [0.3, 0.4) is 0 Å². The lowest BCUT2D eigenvalue weighted by atomic mass is 10.3. The zero-order valence-corrected chi connectivity index (χ0v) is 11.2. The molecule has 2 aromatic carbocycles. The third-order valence-corrected chi connectivity index (χ3v) is 3.84. The van der Waals surface area contributed by atoms with Crippen molar-refractivity contribution in [2.75, 3.05) is 0 Å². The maximum atomic E-state index is 9.28. The van der Waals surface area contributed by atoms with E-state index in [-0.39, 0.29) is 5.75 Å². The molecule has 0 fully saturated rings. The molecular formula is C15H12N2OS. The van der Waals surface area contributed by atoms with Gasteiger partial charge in [0.2, 0.25) is 0 Å². The lowest BCUT2D eigenvalue weighted by Gasteiger charge is -2.06. The smallest absolute Gasteiger partial charge is 0.123 e. The second kappa shape index (κ2) is 4.90. The lowest BCUT2D eigenvalue weighted by Crippen LogP contribution is -1.92. The van der Waals surface area contributed by atoms with Crippen molar-refractivity contribution in [2.24, 2.45) is 0 Å². The molecule has 0 radical (unpaired) electrons. The van der Waals surface area contributed by atoms with E-state index in [4.69, 9.17) is 0 Å². The molecule has 0 aliphatic rings. The van der Waals surface area contributed by atoms with E-state index >= 15 is 0 Å². The molecule has 0 spiro atoms. The van der Waals surface area contributed by atoms with Crippen LogP contribution in [0, 0.1) is 6.92 Å². The summed E-state index contributed by atoms with van der Waals surface area (Å²) in [5.41, 5.74) is 2.72. The number of aromatic nitrogens is 2. The first-order valence-corrected chi connectivity index (χ1v) is 6.74. The highest BCUT2D eigenvalue weighted by molar-refractivity contribution is 7.99. The Morgan fingerprint density at radius 2 is 1.53 bits per heavy atom. The average molecular weight is 268 g/mol. The first kappa shape index (κ1) is 12.0. The zero-order valence-electron chi connectivity index (χ0n) is 10.4. The summed E-state index contributed by atoms with van der Waals surface area (Å²) in [5, 5.41) is 10.2. The minimum atomic E-state index is 0.269. The second-order valence-corrected chi connectivity index (χ2v) is 5.26. The van der Waals surface area contributed by atoms with Crippen molar-refractivity contribution in [1.29, 1.82) is 0 Å². The van der Waals surface area contributed by atoms with Gasteiger partial charge in [-0.1, -0.05) is 23.9 Å². The van der Waals surface area contributed by atoms with Gasteiger partial charge in [-0.25, -0.2) is 9.97 Å². The van der Waals surface area contributed by atoms with Crippen LogP contribution < -0.4 is 0 Å². The molecule has 0 unspecified atom stereocenters. The number of benzene rings is 2. The van der Waals surface area contributed by atoms with Gasteiger partial charge >= 0.3 is 0 Å². The predicted octanol–water partition coefficient (Wildman–Crippen LogP) is 3.80. The minimum absolute atomic E-state index is 0.269. The van der Waals surface area contributed by atoms with Crippen molar-refractivity contribution in [3.63, 3.8) is 0 Å². The molecule has 3 nitrogen and oxygen atoms in total. The molecule has 0 saturated carbocycles. The summed E-state index contributed by atoms with van der Waals surface area (Å²) in [5.74, 6) is 0.269. The van der Waals surface area contributed by atoms with E-state index in [9.17, 15) is 5.11 Å². The largest absolute Gasteiger partial charge is 0.508 e. The summed E-state index contributed by atoms with van der Waals surface area (Å²) in [4.78, 5) is 10.2. The van der Waals surface area contributed by atoms with Gasteiger partial charge in [0.1, 0.15) is 10.8 Å². The molecule has 1 aromatic heterocycles. The number of phenols is 1. The Labute approximate surface area is 115 Å². The van der Waals surface area contributed by atoms with Crippen molar-refractivity contribution in [3.8, 4) is 5.75 Å². The third kappa shape index (κ3) is 2.53. The maximum Gasteiger partial charge on any atom is 0.123 e. The van der Waals surface area contributed by atoms with Crippen LogP contribution in [-0.4, -0.2) is 15.1 Å². The fourth-order valence-electron chi connectivity index (χ4n) is 1.79. The molecule has 0 saturated heterocycles. The zero-order chi connectivity index (χ0) is 13.2. The van der Waals surface area contributed by atoms with Crippen LogP contribution in [0.15, 0.2) is 58.5 Å². The normalized spacial score (nSPS) is 10.8. The number of hydrogen-bond donors (Lipinski definition) is 1. The Bertz CT molecular complexity index is 726. The molecule has 4 heteroatoms. The van der Waals surface area contributed by atoms with Crippen LogP contribution in [0.25, 0.3) is 11.0 Å². The molecule has 0 bridgehead atoms. The molecule has 3 rings (SSSR count). The van der Waals surface area contributed by atoms with Gasteiger partial charge in [0.15, 0.2) is 0 Å². The Morgan fingerprint density at radius 3 is 2.21 bits per heavy atom. The van der Waals surface area contributed by atoms with Crippen LogP contribution >= 0.6 is 11.8 Å². The first-order valence-electron chi connectivity index (χ1n) is 5.92. The number of para-hydroxylation sites is 2. The van der Waals surface area contributed by atoms with E-state index < -0.39 is 0 Å². The molecule has 0 aliphatic heterocycles. The second-order valence-electron chi connectivity index (χ2n) is 4.20. The molecular weight excluding hydrogens is 256 g/mol. The Kier molecular flexibility index (Phi) is 3.09. The quantitative estimate of drug-likeness (QED) is 0.768. The van der Waals surface area contributed by atoms with Crippen LogP contribution in [-0.2, 0) is 0 Å². The molecule has 3 aromatic rings. The molecule has 0 amide bonds. The maximum absolute atomic E-state index is 9.28. The molecule has 94 valence electrons. The summed E-state index contributed by atoms with van der Waals surface area (Å²) < 4.78 is 0. The monoisotopic (exact) mass is 268 g/mol. The Morgan fingerprint density at radius 1 is 0.895 bits per heavy atom. The van der Waals surface area contributed by atoms with Gasteiger partial charge in [0.25, 0.3) is 0 Å². The molecule has 1 N–H and O–H groups in total. The summed E-state index contributed by atoms with van der Waals surface area (Å²) in [6.45, 7) is 1.96. The van der Waals surface area contributed by atoms with Crippen LogP contribution in [0.4, 0.5) is 0 Å². The summed E-state index contributed by atoms with van der Waals surface area (Å²) in [7, 11) is 0. The number of fused-ring (bicyclic) bond motifs is 1. The van der Waals surface area contributed by atoms with Crippen molar-refractivity contribution in [3.05, 3.63) is 54.2 Å². The highest BCUT2D eigenvalue weighted by Crippen LogP contribution is 2.30. The average Bonchev–Trinajstić information content (AvgIpc) is 2.42. The summed E-state index contributed by atoms with van der Waals surface area (Å²) in [6, 6.07) is 14.9. The van der Waals surface area contributed by atoms with E-state index in [1.54, 1.807) is 23.9 Å². The van der Waals surface area contributed by atoms with Crippen molar-refractivity contribution < 1.29 is 5.11 Å². The summed E-state index contributed by atoms with van der Waals surface area (Å²) in [6.07, 6.45) is 0. The molecule has 1 heterocycles. The van der Waals surface area contributed by atoms with Gasteiger partial charge < -0.3 is 5.11 Å². The number of nitrogens with zero attached hydrogens (tertiary/aromatic N) is 2. The number of hydrogen-bond acceptors (Lipinski definition) is 4. The van der Waals surface area contributed by atoms with Gasteiger partial charge in [-0.05, 0) is 43.3 Å². The summed E-state index contributed by atoms with van der Waals surface area (Å²) >= 11 is 1.55. The lowest BCUT2D eigenvalue weighted by molar-refractivity contribution is 0.475.